The van der Waals surface area contributed by atoms with Gasteiger partial charge in [-0.2, -0.15) is 12.6 Å². The van der Waals surface area contributed by atoms with E-state index < -0.39 is 0 Å². The Labute approximate surface area is 90.0 Å². The molecule has 1 N–H and O–H groups in total. The van der Waals surface area contributed by atoms with E-state index >= 15 is 0 Å². The molecule has 0 spiro atoms. The summed E-state index contributed by atoms with van der Waals surface area (Å²) in [5.41, 5.74) is 0. The van der Waals surface area contributed by atoms with Crippen molar-refractivity contribution in [2.75, 3.05) is 33.2 Å². The maximum absolute atomic E-state index is 11.3. The normalized spacial score (nSPS) is 33.9. The van der Waals surface area contributed by atoms with Crippen LogP contribution in [0.4, 0.5) is 4.79 Å². The van der Waals surface area contributed by atoms with Crippen LogP contribution in [0.3, 0.4) is 0 Å². The number of carbonyl (C=O) groups excluding carboxylic acids is 1. The first-order chi connectivity index (χ1) is 6.66. The van der Waals surface area contributed by atoms with E-state index in [1.54, 1.807) is 0 Å². The highest BCUT2D eigenvalue weighted by Crippen LogP contribution is 2.21. The molecule has 2 fully saturated rings. The van der Waals surface area contributed by atoms with Crippen LogP contribution in [-0.4, -0.2) is 60.3 Å². The molecule has 0 aromatic rings. The summed E-state index contributed by atoms with van der Waals surface area (Å²) in [7, 11) is 2.11. The maximum atomic E-state index is 11.3. The van der Waals surface area contributed by atoms with Crippen LogP contribution in [0.15, 0.2) is 0 Å². The molecular weight excluding hydrogens is 198 g/mol. The van der Waals surface area contributed by atoms with Gasteiger partial charge in [-0.05, 0) is 13.5 Å². The largest absolute Gasteiger partial charge is 0.336 e. The Morgan fingerprint density at radius 2 is 2.43 bits per heavy atom. The summed E-state index contributed by atoms with van der Waals surface area (Å²) in [4.78, 5) is 15.5. The van der Waals surface area contributed by atoms with Crippen molar-refractivity contribution in [3.05, 3.63) is 0 Å². The molecule has 2 aliphatic heterocycles. The second kappa shape index (κ2) is 3.98. The third-order valence-corrected chi connectivity index (χ3v) is 3.42. The Morgan fingerprint density at radius 3 is 2.93 bits per heavy atom. The molecule has 2 atom stereocenters. The third-order valence-electron chi connectivity index (χ3n) is 3.04. The monoisotopic (exact) mass is 215 g/mol. The quantitative estimate of drug-likeness (QED) is 0.637. The first-order valence-corrected chi connectivity index (χ1v) is 5.59. The second-order valence-electron chi connectivity index (χ2n) is 4.16. The van der Waals surface area contributed by atoms with E-state index in [2.05, 4.69) is 29.9 Å². The number of amides is 2. The first-order valence-electron chi connectivity index (χ1n) is 5.08. The molecule has 14 heavy (non-hydrogen) atoms. The molecule has 0 aromatic heterocycles. The zero-order valence-electron chi connectivity index (χ0n) is 8.44. The van der Waals surface area contributed by atoms with Crippen LogP contribution >= 0.6 is 12.6 Å². The van der Waals surface area contributed by atoms with Gasteiger partial charge in [0.1, 0.15) is 0 Å². The molecule has 0 saturated carbocycles. The number of thiol groups is 1. The average molecular weight is 215 g/mol. The molecule has 0 radical (unpaired) electrons. The molecule has 2 saturated heterocycles. The molecule has 2 rings (SSSR count). The Kier molecular flexibility index (Phi) is 2.88. The summed E-state index contributed by atoms with van der Waals surface area (Å²) in [6.45, 7) is 3.52. The number of hydrogen-bond donors (Lipinski definition) is 2. The van der Waals surface area contributed by atoms with E-state index in [0.29, 0.717) is 11.3 Å². The topological polar surface area (TPSA) is 35.6 Å². The molecule has 4 nitrogen and oxygen atoms in total. The van der Waals surface area contributed by atoms with E-state index in [-0.39, 0.29) is 6.03 Å². The lowest BCUT2D eigenvalue weighted by Crippen LogP contribution is -2.40. The van der Waals surface area contributed by atoms with Gasteiger partial charge in [-0.1, -0.05) is 0 Å². The number of carbonyl (C=O) groups is 1. The molecule has 2 heterocycles. The van der Waals surface area contributed by atoms with Crippen molar-refractivity contribution >= 4 is 18.7 Å². The summed E-state index contributed by atoms with van der Waals surface area (Å²) < 4.78 is 0. The fourth-order valence-electron chi connectivity index (χ4n) is 2.20. The predicted octanol–water partition coefficient (Wildman–Crippen LogP) is 0.0141. The lowest BCUT2D eigenvalue weighted by Gasteiger charge is -2.24. The summed E-state index contributed by atoms with van der Waals surface area (Å²) in [6, 6.07) is 0.572. The van der Waals surface area contributed by atoms with Gasteiger partial charge in [0.25, 0.3) is 0 Å². The molecule has 5 heteroatoms. The molecule has 80 valence electrons. The van der Waals surface area contributed by atoms with Crippen LogP contribution < -0.4 is 5.32 Å². The predicted molar refractivity (Wildman–Crippen MR) is 58.8 cm³/mol. The number of urea groups is 1. The van der Waals surface area contributed by atoms with Gasteiger partial charge in [-0.15, -0.1) is 0 Å². The molecule has 2 amide bonds. The van der Waals surface area contributed by atoms with Crippen LogP contribution in [0.2, 0.25) is 0 Å². The van der Waals surface area contributed by atoms with Crippen molar-refractivity contribution in [1.29, 1.82) is 0 Å². The van der Waals surface area contributed by atoms with Crippen molar-refractivity contribution in [2.45, 2.75) is 17.7 Å². The summed E-state index contributed by atoms with van der Waals surface area (Å²) in [5.74, 6) is 0. The van der Waals surface area contributed by atoms with E-state index in [0.717, 1.165) is 32.6 Å². The van der Waals surface area contributed by atoms with Crippen LogP contribution in [0.1, 0.15) is 6.42 Å². The zero-order valence-corrected chi connectivity index (χ0v) is 9.33. The lowest BCUT2D eigenvalue weighted by molar-refractivity contribution is 0.196. The van der Waals surface area contributed by atoms with Crippen LogP contribution in [-0.2, 0) is 0 Å². The zero-order chi connectivity index (χ0) is 10.1. The summed E-state index contributed by atoms with van der Waals surface area (Å²) >= 11 is 4.47. The SMILES string of the molecule is CN1C[C@@H](S)C[C@H]1CN1CCNC1=O. The maximum Gasteiger partial charge on any atom is 0.317 e. The first kappa shape index (κ1) is 10.1. The number of likely N-dealkylation sites (N-methyl/N-ethyl adjacent to an activating group) is 1. The lowest BCUT2D eigenvalue weighted by atomic mass is 10.2. The fourth-order valence-corrected chi connectivity index (χ4v) is 2.70. The highest BCUT2D eigenvalue weighted by atomic mass is 32.1. The van der Waals surface area contributed by atoms with Gasteiger partial charge < -0.3 is 15.1 Å². The molecule has 0 aromatic carbocycles. The Hall–Kier alpha value is -0.420. The van der Waals surface area contributed by atoms with Crippen molar-refractivity contribution in [3.8, 4) is 0 Å². The minimum Gasteiger partial charge on any atom is -0.336 e. The molecule has 0 aliphatic carbocycles. The Bertz CT molecular complexity index is 236. The van der Waals surface area contributed by atoms with Gasteiger partial charge in [0.2, 0.25) is 0 Å². The fraction of sp³-hybridized carbons (Fsp3) is 0.889. The van der Waals surface area contributed by atoms with Crippen LogP contribution in [0, 0.1) is 0 Å². The highest BCUT2D eigenvalue weighted by Gasteiger charge is 2.31. The van der Waals surface area contributed by atoms with E-state index in [1.807, 2.05) is 4.90 Å². The minimum absolute atomic E-state index is 0.0843. The van der Waals surface area contributed by atoms with Crippen molar-refractivity contribution in [2.24, 2.45) is 0 Å². The number of rotatable bonds is 2. The van der Waals surface area contributed by atoms with Gasteiger partial charge in [0, 0.05) is 37.5 Å². The van der Waals surface area contributed by atoms with Crippen molar-refractivity contribution < 1.29 is 4.79 Å². The summed E-state index contributed by atoms with van der Waals surface area (Å²) in [5, 5.41) is 3.29. The minimum atomic E-state index is 0.0843. The van der Waals surface area contributed by atoms with E-state index in [1.165, 1.54) is 0 Å². The smallest absolute Gasteiger partial charge is 0.317 e. The number of hydrogen-bond acceptors (Lipinski definition) is 3. The molecule has 0 bridgehead atoms. The van der Waals surface area contributed by atoms with E-state index in [4.69, 9.17) is 0 Å². The van der Waals surface area contributed by atoms with Crippen molar-refractivity contribution in [3.63, 3.8) is 0 Å². The second-order valence-corrected chi connectivity index (χ2v) is 4.89. The molecule has 2 aliphatic rings. The van der Waals surface area contributed by atoms with Gasteiger partial charge in [0.05, 0.1) is 0 Å². The van der Waals surface area contributed by atoms with Crippen LogP contribution in [0.5, 0.6) is 0 Å². The van der Waals surface area contributed by atoms with Crippen molar-refractivity contribution in [1.82, 2.24) is 15.1 Å². The van der Waals surface area contributed by atoms with Gasteiger partial charge in [-0.3, -0.25) is 0 Å². The van der Waals surface area contributed by atoms with Gasteiger partial charge >= 0.3 is 6.03 Å². The molecular formula is C9H17N3OS. The number of nitrogens with zero attached hydrogens (tertiary/aromatic N) is 2. The standard InChI is InChI=1S/C9H17N3OS/c1-11-6-8(14)4-7(11)5-12-3-2-10-9(12)13/h7-8,14H,2-6H2,1H3,(H,10,13)/t7-,8-/m0/s1. The summed E-state index contributed by atoms with van der Waals surface area (Å²) in [6.07, 6.45) is 1.09. The Balaban J connectivity index is 1.88. The third kappa shape index (κ3) is 1.98. The molecule has 0 unspecified atom stereocenters. The Morgan fingerprint density at radius 1 is 1.64 bits per heavy atom. The van der Waals surface area contributed by atoms with Gasteiger partial charge in [-0.25, -0.2) is 4.79 Å². The number of nitrogens with one attached hydrogen (secondary N) is 1. The van der Waals surface area contributed by atoms with Gasteiger partial charge in [0.15, 0.2) is 0 Å². The highest BCUT2D eigenvalue weighted by molar-refractivity contribution is 7.81. The van der Waals surface area contributed by atoms with E-state index in [9.17, 15) is 4.79 Å². The van der Waals surface area contributed by atoms with Crippen LogP contribution in [0.25, 0.3) is 0 Å². The number of likely N-dealkylation sites (tertiary alicyclic amines) is 1. The average Bonchev–Trinajstić information content (AvgIpc) is 2.62.